The Labute approximate surface area is 114 Å². The molecule has 0 bridgehead atoms. The molecule has 2 rings (SSSR count). The van der Waals surface area contributed by atoms with Crippen LogP contribution in [0.1, 0.15) is 25.7 Å². The molecule has 0 aromatic rings. The van der Waals surface area contributed by atoms with E-state index < -0.39 is 10.1 Å². The standard InChI is InChI=1S/C12H22N2O4S/c1-13-7-8-14(9-12(13)15)10-3-5-11(6-4-10)18-19(2,16)17/h10-11H,3-9H2,1-2H3. The lowest BCUT2D eigenvalue weighted by Gasteiger charge is -2.40. The van der Waals surface area contributed by atoms with Gasteiger partial charge in [0.2, 0.25) is 5.91 Å². The highest BCUT2D eigenvalue weighted by Crippen LogP contribution is 2.26. The van der Waals surface area contributed by atoms with Crippen molar-refractivity contribution in [3.05, 3.63) is 0 Å². The molecule has 1 aliphatic carbocycles. The van der Waals surface area contributed by atoms with Crippen LogP contribution in [0.25, 0.3) is 0 Å². The average molecular weight is 290 g/mol. The van der Waals surface area contributed by atoms with Gasteiger partial charge >= 0.3 is 0 Å². The summed E-state index contributed by atoms with van der Waals surface area (Å²) >= 11 is 0. The molecule has 110 valence electrons. The molecule has 0 unspecified atom stereocenters. The summed E-state index contributed by atoms with van der Waals surface area (Å²) in [5.74, 6) is 0.167. The largest absolute Gasteiger partial charge is 0.343 e. The summed E-state index contributed by atoms with van der Waals surface area (Å²) < 4.78 is 27.2. The lowest BCUT2D eigenvalue weighted by atomic mass is 9.91. The van der Waals surface area contributed by atoms with Crippen LogP contribution in [0.2, 0.25) is 0 Å². The molecular weight excluding hydrogens is 268 g/mol. The van der Waals surface area contributed by atoms with E-state index in [9.17, 15) is 13.2 Å². The molecular formula is C12H22N2O4S. The molecule has 1 heterocycles. The van der Waals surface area contributed by atoms with Crippen molar-refractivity contribution in [1.29, 1.82) is 0 Å². The Morgan fingerprint density at radius 3 is 2.32 bits per heavy atom. The summed E-state index contributed by atoms with van der Waals surface area (Å²) in [7, 11) is -1.53. The van der Waals surface area contributed by atoms with E-state index >= 15 is 0 Å². The number of rotatable bonds is 3. The second-order valence-electron chi connectivity index (χ2n) is 5.52. The van der Waals surface area contributed by atoms with Gasteiger partial charge in [-0.3, -0.25) is 13.9 Å². The first-order valence-electron chi connectivity index (χ1n) is 6.71. The van der Waals surface area contributed by atoms with E-state index in [1.54, 1.807) is 4.90 Å². The first-order valence-corrected chi connectivity index (χ1v) is 8.53. The van der Waals surface area contributed by atoms with Crippen molar-refractivity contribution in [2.45, 2.75) is 37.8 Å². The molecule has 0 radical (unpaired) electrons. The minimum atomic E-state index is -3.36. The summed E-state index contributed by atoms with van der Waals surface area (Å²) in [5, 5.41) is 0. The number of hydrogen-bond donors (Lipinski definition) is 0. The van der Waals surface area contributed by atoms with Crippen molar-refractivity contribution in [1.82, 2.24) is 9.80 Å². The maximum absolute atomic E-state index is 11.7. The van der Waals surface area contributed by atoms with Gasteiger partial charge in [0.05, 0.1) is 18.9 Å². The van der Waals surface area contributed by atoms with Crippen LogP contribution in [0.3, 0.4) is 0 Å². The van der Waals surface area contributed by atoms with Crippen LogP contribution in [0.15, 0.2) is 0 Å². The van der Waals surface area contributed by atoms with E-state index in [1.165, 1.54) is 0 Å². The summed E-state index contributed by atoms with van der Waals surface area (Å²) in [6.45, 7) is 2.17. The maximum Gasteiger partial charge on any atom is 0.264 e. The summed E-state index contributed by atoms with van der Waals surface area (Å²) in [6.07, 6.45) is 4.21. The fourth-order valence-corrected chi connectivity index (χ4v) is 3.53. The summed E-state index contributed by atoms with van der Waals surface area (Å²) in [5.41, 5.74) is 0. The van der Waals surface area contributed by atoms with Crippen molar-refractivity contribution in [2.24, 2.45) is 0 Å². The topological polar surface area (TPSA) is 66.9 Å². The third-order valence-electron chi connectivity index (χ3n) is 3.96. The van der Waals surface area contributed by atoms with Crippen molar-refractivity contribution in [3.8, 4) is 0 Å². The van der Waals surface area contributed by atoms with Gasteiger partial charge in [-0.25, -0.2) is 0 Å². The monoisotopic (exact) mass is 290 g/mol. The van der Waals surface area contributed by atoms with E-state index in [2.05, 4.69) is 4.90 Å². The number of carbonyl (C=O) groups excluding carboxylic acids is 1. The lowest BCUT2D eigenvalue weighted by Crippen LogP contribution is -2.53. The summed E-state index contributed by atoms with van der Waals surface area (Å²) in [4.78, 5) is 15.7. The van der Waals surface area contributed by atoms with Gasteiger partial charge in [0.25, 0.3) is 10.1 Å². The van der Waals surface area contributed by atoms with Crippen molar-refractivity contribution in [3.63, 3.8) is 0 Å². The van der Waals surface area contributed by atoms with Crippen LogP contribution in [-0.2, 0) is 19.1 Å². The number of hydrogen-bond acceptors (Lipinski definition) is 5. The lowest BCUT2D eigenvalue weighted by molar-refractivity contribution is -0.135. The fraction of sp³-hybridized carbons (Fsp3) is 0.917. The molecule has 2 fully saturated rings. The number of carbonyl (C=O) groups is 1. The average Bonchev–Trinajstić information content (AvgIpc) is 2.32. The fourth-order valence-electron chi connectivity index (χ4n) is 2.84. The zero-order chi connectivity index (χ0) is 14.0. The van der Waals surface area contributed by atoms with Gasteiger partial charge in [-0.05, 0) is 25.7 Å². The Balaban J connectivity index is 1.82. The molecule has 1 amide bonds. The molecule has 0 N–H and O–H groups in total. The minimum absolute atomic E-state index is 0.167. The van der Waals surface area contributed by atoms with E-state index in [-0.39, 0.29) is 12.0 Å². The van der Waals surface area contributed by atoms with Crippen LogP contribution >= 0.6 is 0 Å². The van der Waals surface area contributed by atoms with Crippen LogP contribution in [0.4, 0.5) is 0 Å². The molecule has 0 aromatic heterocycles. The molecule has 1 saturated carbocycles. The Hall–Kier alpha value is -0.660. The molecule has 0 aromatic carbocycles. The molecule has 1 aliphatic heterocycles. The van der Waals surface area contributed by atoms with Gasteiger partial charge < -0.3 is 4.90 Å². The number of piperazine rings is 1. The highest BCUT2D eigenvalue weighted by atomic mass is 32.2. The Morgan fingerprint density at radius 2 is 1.79 bits per heavy atom. The predicted molar refractivity (Wildman–Crippen MR) is 71.2 cm³/mol. The first kappa shape index (κ1) is 14.7. The first-order chi connectivity index (χ1) is 8.85. The highest BCUT2D eigenvalue weighted by Gasteiger charge is 2.31. The van der Waals surface area contributed by atoms with E-state index in [0.717, 1.165) is 45.0 Å². The predicted octanol–water partition coefficient (Wildman–Crippen LogP) is 0.0478. The van der Waals surface area contributed by atoms with Crippen LogP contribution < -0.4 is 0 Å². The highest BCUT2D eigenvalue weighted by molar-refractivity contribution is 7.86. The van der Waals surface area contributed by atoms with Gasteiger partial charge in [0.1, 0.15) is 0 Å². The molecule has 0 atom stereocenters. The van der Waals surface area contributed by atoms with Crippen molar-refractivity contribution in [2.75, 3.05) is 32.9 Å². The van der Waals surface area contributed by atoms with Gasteiger partial charge in [0, 0.05) is 26.2 Å². The van der Waals surface area contributed by atoms with Gasteiger partial charge in [-0.15, -0.1) is 0 Å². The van der Waals surface area contributed by atoms with Crippen molar-refractivity contribution < 1.29 is 17.4 Å². The Bertz CT molecular complexity index is 429. The number of amides is 1. The van der Waals surface area contributed by atoms with Crippen molar-refractivity contribution >= 4 is 16.0 Å². The van der Waals surface area contributed by atoms with Gasteiger partial charge in [0.15, 0.2) is 0 Å². The van der Waals surface area contributed by atoms with Crippen LogP contribution in [0.5, 0.6) is 0 Å². The smallest absolute Gasteiger partial charge is 0.264 e. The quantitative estimate of drug-likeness (QED) is 0.687. The van der Waals surface area contributed by atoms with E-state index in [1.807, 2.05) is 7.05 Å². The second kappa shape index (κ2) is 5.76. The molecule has 19 heavy (non-hydrogen) atoms. The summed E-state index contributed by atoms with van der Waals surface area (Å²) in [6, 6.07) is 0.386. The van der Waals surface area contributed by atoms with Crippen LogP contribution in [0, 0.1) is 0 Å². The van der Waals surface area contributed by atoms with Gasteiger partial charge in [-0.1, -0.05) is 0 Å². The van der Waals surface area contributed by atoms with Gasteiger partial charge in [-0.2, -0.15) is 8.42 Å². The third-order valence-corrected chi connectivity index (χ3v) is 4.58. The normalized spacial score (nSPS) is 30.6. The SMILES string of the molecule is CN1CCN(C2CCC(OS(C)(=O)=O)CC2)CC1=O. The van der Waals surface area contributed by atoms with Crippen LogP contribution in [-0.4, -0.2) is 69.2 Å². The molecule has 0 spiro atoms. The molecule has 7 heteroatoms. The molecule has 1 saturated heterocycles. The Morgan fingerprint density at radius 1 is 1.16 bits per heavy atom. The molecule has 2 aliphatic rings. The minimum Gasteiger partial charge on any atom is -0.343 e. The number of likely N-dealkylation sites (N-methyl/N-ethyl adjacent to an activating group) is 1. The Kier molecular flexibility index (Phi) is 4.47. The second-order valence-corrected chi connectivity index (χ2v) is 7.12. The number of nitrogens with zero attached hydrogens (tertiary/aromatic N) is 2. The molecule has 6 nitrogen and oxygen atoms in total. The zero-order valence-corrected chi connectivity index (χ0v) is 12.4. The third kappa shape index (κ3) is 4.15. The van der Waals surface area contributed by atoms with E-state index in [4.69, 9.17) is 4.18 Å². The maximum atomic E-state index is 11.7. The van der Waals surface area contributed by atoms with E-state index in [0.29, 0.717) is 12.6 Å². The zero-order valence-electron chi connectivity index (χ0n) is 11.5.